The maximum absolute atomic E-state index is 6.17. The van der Waals surface area contributed by atoms with Crippen molar-refractivity contribution in [3.63, 3.8) is 0 Å². The summed E-state index contributed by atoms with van der Waals surface area (Å²) in [5, 5.41) is 0.921. The second kappa shape index (κ2) is 5.26. The van der Waals surface area contributed by atoms with Gasteiger partial charge in [-0.2, -0.15) is 0 Å². The van der Waals surface area contributed by atoms with Gasteiger partial charge in [0.1, 0.15) is 0 Å². The van der Waals surface area contributed by atoms with Crippen molar-refractivity contribution < 1.29 is 0 Å². The van der Waals surface area contributed by atoms with Gasteiger partial charge in [-0.25, -0.2) is 0 Å². The molecule has 1 aromatic rings. The third-order valence-corrected chi connectivity index (χ3v) is 3.95. The third kappa shape index (κ3) is 2.35. The van der Waals surface area contributed by atoms with Gasteiger partial charge in [0.2, 0.25) is 0 Å². The standard InChI is InChI=1S/C17H18ClN/c1-2-3-10-19-16-7-5-4-6-13(16)11-14-12-15(18)8-9-17(14)19/h4-9,11H,2-3,10,12H2,1H3. The highest BCUT2D eigenvalue weighted by Crippen LogP contribution is 2.39. The van der Waals surface area contributed by atoms with Gasteiger partial charge in [0.05, 0.1) is 0 Å². The van der Waals surface area contributed by atoms with Crippen molar-refractivity contribution >= 4 is 23.4 Å². The maximum Gasteiger partial charge on any atom is 0.0484 e. The summed E-state index contributed by atoms with van der Waals surface area (Å²) in [6.07, 6.45) is 9.73. The van der Waals surface area contributed by atoms with Crippen molar-refractivity contribution in [2.75, 3.05) is 11.4 Å². The summed E-state index contributed by atoms with van der Waals surface area (Å²) >= 11 is 6.17. The molecule has 3 rings (SSSR count). The van der Waals surface area contributed by atoms with Crippen LogP contribution in [0.2, 0.25) is 0 Å². The van der Waals surface area contributed by atoms with E-state index >= 15 is 0 Å². The lowest BCUT2D eigenvalue weighted by Gasteiger charge is -2.35. The van der Waals surface area contributed by atoms with E-state index in [0.717, 1.165) is 18.0 Å². The monoisotopic (exact) mass is 271 g/mol. The number of rotatable bonds is 3. The quantitative estimate of drug-likeness (QED) is 0.739. The van der Waals surface area contributed by atoms with E-state index < -0.39 is 0 Å². The van der Waals surface area contributed by atoms with E-state index in [2.05, 4.69) is 48.2 Å². The van der Waals surface area contributed by atoms with Gasteiger partial charge in [-0.15, -0.1) is 0 Å². The Hall–Kier alpha value is -1.47. The first-order valence-corrected chi connectivity index (χ1v) is 7.31. The summed E-state index contributed by atoms with van der Waals surface area (Å²) in [4.78, 5) is 2.44. The number of benzene rings is 1. The third-order valence-electron chi connectivity index (χ3n) is 3.69. The van der Waals surface area contributed by atoms with E-state index in [0.29, 0.717) is 0 Å². The molecule has 1 aliphatic carbocycles. The first-order chi connectivity index (χ1) is 9.29. The molecule has 0 bridgehead atoms. The lowest BCUT2D eigenvalue weighted by atomic mass is 9.94. The van der Waals surface area contributed by atoms with Crippen LogP contribution >= 0.6 is 11.6 Å². The Labute approximate surface area is 119 Å². The fourth-order valence-corrected chi connectivity index (χ4v) is 2.93. The molecule has 0 fully saturated rings. The number of unbranched alkanes of at least 4 members (excludes halogenated alkanes) is 1. The van der Waals surface area contributed by atoms with Gasteiger partial charge in [-0.3, -0.25) is 0 Å². The molecule has 0 atom stereocenters. The minimum atomic E-state index is 0.852. The smallest absolute Gasteiger partial charge is 0.0484 e. The van der Waals surface area contributed by atoms with Crippen molar-refractivity contribution in [3.05, 3.63) is 58.3 Å². The van der Waals surface area contributed by atoms with Gasteiger partial charge in [-0.05, 0) is 41.9 Å². The van der Waals surface area contributed by atoms with Crippen LogP contribution in [0.5, 0.6) is 0 Å². The lowest BCUT2D eigenvalue weighted by molar-refractivity contribution is 0.763. The normalized spacial score (nSPS) is 17.2. The van der Waals surface area contributed by atoms with Crippen LogP contribution in [-0.2, 0) is 0 Å². The predicted molar refractivity (Wildman–Crippen MR) is 83.3 cm³/mol. The van der Waals surface area contributed by atoms with Crippen LogP contribution in [0, 0.1) is 0 Å². The maximum atomic E-state index is 6.17. The number of anilines is 1. The van der Waals surface area contributed by atoms with Crippen molar-refractivity contribution in [2.24, 2.45) is 0 Å². The predicted octanol–water partition coefficient (Wildman–Crippen LogP) is 5.10. The zero-order valence-corrected chi connectivity index (χ0v) is 12.0. The summed E-state index contributed by atoms with van der Waals surface area (Å²) in [5.74, 6) is 0. The molecule has 0 N–H and O–H groups in total. The molecule has 19 heavy (non-hydrogen) atoms. The molecule has 0 radical (unpaired) electrons. The van der Waals surface area contributed by atoms with Gasteiger partial charge in [0.15, 0.2) is 0 Å². The Morgan fingerprint density at radius 2 is 2.05 bits per heavy atom. The Bertz CT molecular complexity index is 581. The Morgan fingerprint density at radius 1 is 1.21 bits per heavy atom. The number of nitrogens with zero attached hydrogens (tertiary/aromatic N) is 1. The highest BCUT2D eigenvalue weighted by atomic mass is 35.5. The molecule has 0 aromatic heterocycles. The topological polar surface area (TPSA) is 3.24 Å². The van der Waals surface area contributed by atoms with E-state index in [-0.39, 0.29) is 0 Å². The summed E-state index contributed by atoms with van der Waals surface area (Å²) in [6.45, 7) is 3.31. The first-order valence-electron chi connectivity index (χ1n) is 6.93. The Balaban J connectivity index is 2.06. The molecule has 0 saturated heterocycles. The SMILES string of the molecule is CCCCN1C2=CC=C(Cl)CC2=Cc2ccccc21. The van der Waals surface area contributed by atoms with Gasteiger partial charge in [-0.1, -0.05) is 43.1 Å². The fraction of sp³-hybridized carbons (Fsp3) is 0.294. The number of hydrogen-bond donors (Lipinski definition) is 0. The minimum absolute atomic E-state index is 0.852. The molecule has 98 valence electrons. The molecule has 0 saturated carbocycles. The number of para-hydroxylation sites is 1. The molecule has 1 heterocycles. The molecule has 0 unspecified atom stereocenters. The number of hydrogen-bond acceptors (Lipinski definition) is 1. The lowest BCUT2D eigenvalue weighted by Crippen LogP contribution is -2.28. The second-order valence-corrected chi connectivity index (χ2v) is 5.56. The highest BCUT2D eigenvalue weighted by Gasteiger charge is 2.24. The molecule has 1 nitrogen and oxygen atoms in total. The van der Waals surface area contributed by atoms with Crippen LogP contribution in [0.1, 0.15) is 31.7 Å². The average molecular weight is 272 g/mol. The summed E-state index contributed by atoms with van der Waals surface area (Å²) in [7, 11) is 0. The van der Waals surface area contributed by atoms with Gasteiger partial charge >= 0.3 is 0 Å². The fourth-order valence-electron chi connectivity index (χ4n) is 2.73. The highest BCUT2D eigenvalue weighted by molar-refractivity contribution is 6.30. The van der Waals surface area contributed by atoms with Gasteiger partial charge in [0.25, 0.3) is 0 Å². The van der Waals surface area contributed by atoms with Gasteiger partial charge in [0, 0.05) is 29.4 Å². The van der Waals surface area contributed by atoms with Crippen LogP contribution in [0.15, 0.2) is 52.7 Å². The molecule has 2 heteroatoms. The largest absolute Gasteiger partial charge is 0.341 e. The van der Waals surface area contributed by atoms with E-state index in [1.807, 2.05) is 6.08 Å². The average Bonchev–Trinajstić information content (AvgIpc) is 2.43. The Kier molecular flexibility index (Phi) is 3.48. The van der Waals surface area contributed by atoms with Crippen LogP contribution in [0.4, 0.5) is 5.69 Å². The molecular formula is C17H18ClN. The molecular weight excluding hydrogens is 254 g/mol. The van der Waals surface area contributed by atoms with Crippen LogP contribution in [0.3, 0.4) is 0 Å². The van der Waals surface area contributed by atoms with Crippen molar-refractivity contribution in [2.45, 2.75) is 26.2 Å². The number of fused-ring (bicyclic) bond motifs is 2. The van der Waals surface area contributed by atoms with Crippen molar-refractivity contribution in [1.82, 2.24) is 0 Å². The first kappa shape index (κ1) is 12.6. The summed E-state index contributed by atoms with van der Waals surface area (Å²) < 4.78 is 0. The zero-order chi connectivity index (χ0) is 13.2. The van der Waals surface area contributed by atoms with E-state index in [4.69, 9.17) is 11.6 Å². The number of allylic oxidation sites excluding steroid dienone is 4. The summed E-state index contributed by atoms with van der Waals surface area (Å²) in [6, 6.07) is 8.61. The van der Waals surface area contributed by atoms with Crippen LogP contribution in [-0.4, -0.2) is 6.54 Å². The second-order valence-electron chi connectivity index (χ2n) is 5.08. The molecule has 1 aromatic carbocycles. The molecule has 1 aliphatic heterocycles. The van der Waals surface area contributed by atoms with E-state index in [1.165, 1.54) is 35.4 Å². The summed E-state index contributed by atoms with van der Waals surface area (Å²) in [5.41, 5.74) is 5.27. The van der Waals surface area contributed by atoms with Crippen LogP contribution in [0.25, 0.3) is 6.08 Å². The molecule has 2 aliphatic rings. The van der Waals surface area contributed by atoms with Crippen molar-refractivity contribution in [3.8, 4) is 0 Å². The van der Waals surface area contributed by atoms with Crippen molar-refractivity contribution in [1.29, 1.82) is 0 Å². The van der Waals surface area contributed by atoms with E-state index in [9.17, 15) is 0 Å². The van der Waals surface area contributed by atoms with Crippen LogP contribution < -0.4 is 4.90 Å². The Morgan fingerprint density at radius 3 is 2.89 bits per heavy atom. The van der Waals surface area contributed by atoms with E-state index in [1.54, 1.807) is 0 Å². The zero-order valence-electron chi connectivity index (χ0n) is 11.2. The molecule has 0 spiro atoms. The number of halogens is 1. The minimum Gasteiger partial charge on any atom is -0.341 e. The molecule has 0 amide bonds. The van der Waals surface area contributed by atoms with Gasteiger partial charge < -0.3 is 4.90 Å².